The predicted octanol–water partition coefficient (Wildman–Crippen LogP) is 3.32. The van der Waals surface area contributed by atoms with Gasteiger partial charge in [0.05, 0.1) is 0 Å². The van der Waals surface area contributed by atoms with Crippen molar-refractivity contribution in [2.75, 3.05) is 31.1 Å². The van der Waals surface area contributed by atoms with E-state index in [0.717, 1.165) is 18.7 Å². The van der Waals surface area contributed by atoms with Crippen LogP contribution in [0.25, 0.3) is 11.5 Å². The second kappa shape index (κ2) is 7.23. The van der Waals surface area contributed by atoms with Crippen LogP contribution in [-0.2, 0) is 0 Å². The van der Waals surface area contributed by atoms with E-state index >= 15 is 0 Å². The van der Waals surface area contributed by atoms with E-state index in [-0.39, 0.29) is 11.8 Å². The van der Waals surface area contributed by atoms with Crippen molar-refractivity contribution >= 4 is 11.6 Å². The lowest BCUT2D eigenvalue weighted by molar-refractivity contribution is 0.0707. The molecule has 0 atom stereocenters. The first-order valence-corrected chi connectivity index (χ1v) is 9.13. The summed E-state index contributed by atoms with van der Waals surface area (Å²) in [5.41, 5.74) is 4.63. The Balaban J connectivity index is 1.43. The first-order chi connectivity index (χ1) is 13.1. The summed E-state index contributed by atoms with van der Waals surface area (Å²) in [6.45, 7) is 7.11. The van der Waals surface area contributed by atoms with Gasteiger partial charge < -0.3 is 14.2 Å². The zero-order valence-corrected chi connectivity index (χ0v) is 15.6. The van der Waals surface area contributed by atoms with Gasteiger partial charge in [-0.2, -0.15) is 0 Å². The number of amides is 1. The Labute approximate surface area is 158 Å². The van der Waals surface area contributed by atoms with Crippen LogP contribution >= 0.6 is 0 Å². The second-order valence-corrected chi connectivity index (χ2v) is 6.78. The molecule has 0 spiro atoms. The minimum absolute atomic E-state index is 0.0500. The molecule has 0 bridgehead atoms. The number of carbonyl (C=O) groups is 1. The van der Waals surface area contributed by atoms with Crippen molar-refractivity contribution in [1.82, 2.24) is 15.1 Å². The molecule has 0 radical (unpaired) electrons. The third-order valence-electron chi connectivity index (χ3n) is 5.11. The predicted molar refractivity (Wildman–Crippen MR) is 104 cm³/mol. The topological polar surface area (TPSA) is 62.5 Å². The summed E-state index contributed by atoms with van der Waals surface area (Å²) in [5.74, 6) is 0.215. The summed E-state index contributed by atoms with van der Waals surface area (Å²) in [6, 6.07) is 15.8. The molecule has 3 aromatic rings. The van der Waals surface area contributed by atoms with Gasteiger partial charge in [-0.3, -0.25) is 4.79 Å². The van der Waals surface area contributed by atoms with Gasteiger partial charge >= 0.3 is 11.8 Å². The fraction of sp³-hybridized carbons (Fsp3) is 0.286. The van der Waals surface area contributed by atoms with Crippen molar-refractivity contribution in [2.24, 2.45) is 0 Å². The zero-order valence-electron chi connectivity index (χ0n) is 15.6. The van der Waals surface area contributed by atoms with Gasteiger partial charge in [0.1, 0.15) is 0 Å². The number of hydrogen-bond donors (Lipinski definition) is 0. The van der Waals surface area contributed by atoms with Gasteiger partial charge in [0.25, 0.3) is 0 Å². The highest BCUT2D eigenvalue weighted by Crippen LogP contribution is 2.24. The molecular formula is C21H22N4O2. The fourth-order valence-corrected chi connectivity index (χ4v) is 3.37. The maximum atomic E-state index is 12.7. The summed E-state index contributed by atoms with van der Waals surface area (Å²) in [5, 5.41) is 7.96. The highest BCUT2D eigenvalue weighted by Gasteiger charge is 2.27. The van der Waals surface area contributed by atoms with Gasteiger partial charge in [-0.05, 0) is 43.2 Å². The molecular weight excluding hydrogens is 340 g/mol. The van der Waals surface area contributed by atoms with Crippen LogP contribution in [0.4, 0.5) is 5.69 Å². The minimum Gasteiger partial charge on any atom is -0.412 e. The highest BCUT2D eigenvalue weighted by atomic mass is 16.4. The Hall–Kier alpha value is -3.15. The van der Waals surface area contributed by atoms with Crippen LogP contribution in [0.5, 0.6) is 0 Å². The summed E-state index contributed by atoms with van der Waals surface area (Å²) >= 11 is 0. The molecule has 0 N–H and O–H groups in total. The number of carbonyl (C=O) groups excluding carboxylic acids is 1. The van der Waals surface area contributed by atoms with E-state index in [0.29, 0.717) is 19.0 Å². The van der Waals surface area contributed by atoms with Gasteiger partial charge in [0, 0.05) is 37.4 Å². The lowest BCUT2D eigenvalue weighted by atomic mass is 10.1. The van der Waals surface area contributed by atoms with Crippen molar-refractivity contribution in [1.29, 1.82) is 0 Å². The van der Waals surface area contributed by atoms with Crippen molar-refractivity contribution in [2.45, 2.75) is 13.8 Å². The molecule has 0 saturated carbocycles. The Morgan fingerprint density at radius 2 is 1.67 bits per heavy atom. The largest absolute Gasteiger partial charge is 0.412 e. The van der Waals surface area contributed by atoms with Crippen molar-refractivity contribution in [3.05, 3.63) is 65.5 Å². The first-order valence-electron chi connectivity index (χ1n) is 9.13. The Morgan fingerprint density at radius 1 is 0.926 bits per heavy atom. The van der Waals surface area contributed by atoms with Crippen LogP contribution in [0.2, 0.25) is 0 Å². The molecule has 0 unspecified atom stereocenters. The van der Waals surface area contributed by atoms with Crippen LogP contribution < -0.4 is 4.90 Å². The van der Waals surface area contributed by atoms with Crippen LogP contribution in [-0.4, -0.2) is 47.2 Å². The Morgan fingerprint density at radius 3 is 2.41 bits per heavy atom. The number of hydrogen-bond acceptors (Lipinski definition) is 5. The van der Waals surface area contributed by atoms with Gasteiger partial charge in [-0.25, -0.2) is 0 Å². The number of piperazine rings is 1. The average molecular weight is 362 g/mol. The molecule has 1 fully saturated rings. The monoisotopic (exact) mass is 362 g/mol. The average Bonchev–Trinajstić information content (AvgIpc) is 3.21. The first kappa shape index (κ1) is 17.3. The molecule has 1 aromatic heterocycles. The minimum atomic E-state index is -0.203. The number of aryl methyl sites for hydroxylation is 1. The van der Waals surface area contributed by atoms with Crippen LogP contribution in [0.3, 0.4) is 0 Å². The maximum absolute atomic E-state index is 12.7. The molecule has 2 heterocycles. The molecule has 1 saturated heterocycles. The van der Waals surface area contributed by atoms with Crippen molar-refractivity contribution < 1.29 is 9.21 Å². The lowest BCUT2D eigenvalue weighted by Gasteiger charge is -2.36. The van der Waals surface area contributed by atoms with E-state index in [9.17, 15) is 4.79 Å². The fourth-order valence-electron chi connectivity index (χ4n) is 3.37. The molecule has 138 valence electrons. The SMILES string of the molecule is Cc1cccc(N2CCN(C(=O)c3nnc(-c4ccccc4)o3)CC2)c1C. The normalized spacial score (nSPS) is 14.4. The second-order valence-electron chi connectivity index (χ2n) is 6.78. The molecule has 6 heteroatoms. The van der Waals surface area contributed by atoms with Crippen LogP contribution in [0.15, 0.2) is 52.9 Å². The number of benzene rings is 2. The van der Waals surface area contributed by atoms with Gasteiger partial charge in [0.15, 0.2) is 0 Å². The number of rotatable bonds is 3. The van der Waals surface area contributed by atoms with Crippen LogP contribution in [0.1, 0.15) is 21.8 Å². The van der Waals surface area contributed by atoms with E-state index < -0.39 is 0 Å². The summed E-state index contributed by atoms with van der Waals surface area (Å²) < 4.78 is 5.60. The molecule has 4 rings (SSSR count). The molecule has 27 heavy (non-hydrogen) atoms. The lowest BCUT2D eigenvalue weighted by Crippen LogP contribution is -2.49. The van der Waals surface area contributed by atoms with Crippen LogP contribution in [0, 0.1) is 13.8 Å². The zero-order chi connectivity index (χ0) is 18.8. The van der Waals surface area contributed by atoms with E-state index in [4.69, 9.17) is 4.42 Å². The van der Waals surface area contributed by atoms with Crippen molar-refractivity contribution in [3.8, 4) is 11.5 Å². The standard InChI is InChI=1S/C21H22N4O2/c1-15-7-6-10-18(16(15)2)24-11-13-25(14-12-24)21(26)20-23-22-19(27-20)17-8-4-3-5-9-17/h3-10H,11-14H2,1-2H3. The summed E-state index contributed by atoms with van der Waals surface area (Å²) in [7, 11) is 0. The third-order valence-corrected chi connectivity index (χ3v) is 5.11. The highest BCUT2D eigenvalue weighted by molar-refractivity contribution is 5.90. The van der Waals surface area contributed by atoms with Gasteiger partial charge in [-0.15, -0.1) is 10.2 Å². The smallest absolute Gasteiger partial charge is 0.311 e. The summed E-state index contributed by atoms with van der Waals surface area (Å²) in [4.78, 5) is 16.8. The van der Waals surface area contributed by atoms with Gasteiger partial charge in [0.2, 0.25) is 5.89 Å². The van der Waals surface area contributed by atoms with E-state index in [2.05, 4.69) is 47.1 Å². The molecule has 0 aliphatic carbocycles. The third kappa shape index (κ3) is 3.43. The number of anilines is 1. The quantitative estimate of drug-likeness (QED) is 0.715. The molecule has 1 aliphatic heterocycles. The number of nitrogens with zero attached hydrogens (tertiary/aromatic N) is 4. The number of aromatic nitrogens is 2. The molecule has 2 aromatic carbocycles. The van der Waals surface area contributed by atoms with E-state index in [1.165, 1.54) is 16.8 Å². The Kier molecular flexibility index (Phi) is 4.62. The van der Waals surface area contributed by atoms with Crippen molar-refractivity contribution in [3.63, 3.8) is 0 Å². The van der Waals surface area contributed by atoms with E-state index in [1.807, 2.05) is 30.3 Å². The maximum Gasteiger partial charge on any atom is 0.311 e. The molecule has 1 amide bonds. The van der Waals surface area contributed by atoms with Gasteiger partial charge in [-0.1, -0.05) is 30.3 Å². The summed E-state index contributed by atoms with van der Waals surface area (Å²) in [6.07, 6.45) is 0. The van der Waals surface area contributed by atoms with E-state index in [1.54, 1.807) is 4.90 Å². The Bertz CT molecular complexity index is 944. The molecule has 1 aliphatic rings. The molecule has 6 nitrogen and oxygen atoms in total.